The highest BCUT2D eigenvalue weighted by Gasteiger charge is 2.42. The maximum Gasteiger partial charge on any atom is 0.391 e. The van der Waals surface area contributed by atoms with Gasteiger partial charge < -0.3 is 5.73 Å². The predicted octanol–water partition coefficient (Wildman–Crippen LogP) is 3.10. The zero-order valence-electron chi connectivity index (χ0n) is 9.48. The van der Waals surface area contributed by atoms with Crippen LogP contribution in [-0.2, 0) is 0 Å². The van der Waals surface area contributed by atoms with Crippen LogP contribution in [0, 0.1) is 23.7 Å². The second kappa shape index (κ2) is 5.58. The summed E-state index contributed by atoms with van der Waals surface area (Å²) in [6.07, 6.45) is -1.69. The van der Waals surface area contributed by atoms with Crippen molar-refractivity contribution in [3.8, 4) is 11.8 Å². The van der Waals surface area contributed by atoms with Gasteiger partial charge in [0.1, 0.15) is 0 Å². The number of nitrogens with two attached hydrogens (primary N) is 1. The summed E-state index contributed by atoms with van der Waals surface area (Å²) in [4.78, 5) is 0. The normalized spacial score (nSPS) is 28.1. The molecule has 0 aromatic heterocycles. The molecular weight excluding hydrogens is 215 g/mol. The van der Waals surface area contributed by atoms with Gasteiger partial charge in [-0.05, 0) is 32.1 Å². The molecule has 0 aromatic carbocycles. The lowest BCUT2D eigenvalue weighted by atomic mass is 9.77. The Morgan fingerprint density at radius 2 is 2.06 bits per heavy atom. The second-order valence-electron chi connectivity index (χ2n) is 4.46. The first-order chi connectivity index (χ1) is 7.45. The quantitative estimate of drug-likeness (QED) is 0.729. The van der Waals surface area contributed by atoms with Crippen molar-refractivity contribution in [2.24, 2.45) is 17.6 Å². The molecule has 1 aliphatic rings. The molecule has 92 valence electrons. The van der Waals surface area contributed by atoms with Crippen molar-refractivity contribution in [2.45, 2.75) is 51.2 Å². The van der Waals surface area contributed by atoms with E-state index in [1.165, 1.54) is 0 Å². The van der Waals surface area contributed by atoms with Crippen molar-refractivity contribution in [2.75, 3.05) is 0 Å². The van der Waals surface area contributed by atoms with Crippen LogP contribution in [0.1, 0.15) is 39.0 Å². The Balaban J connectivity index is 2.52. The van der Waals surface area contributed by atoms with Gasteiger partial charge >= 0.3 is 6.18 Å². The van der Waals surface area contributed by atoms with Gasteiger partial charge in [-0.15, -0.1) is 11.8 Å². The van der Waals surface area contributed by atoms with Gasteiger partial charge in [0, 0.05) is 12.5 Å². The lowest BCUT2D eigenvalue weighted by Gasteiger charge is -2.33. The third-order valence-electron chi connectivity index (χ3n) is 3.30. The number of rotatable bonds is 2. The highest BCUT2D eigenvalue weighted by Crippen LogP contribution is 2.40. The van der Waals surface area contributed by atoms with Gasteiger partial charge in [-0.3, -0.25) is 0 Å². The van der Waals surface area contributed by atoms with Gasteiger partial charge in [-0.25, -0.2) is 0 Å². The summed E-state index contributed by atoms with van der Waals surface area (Å²) in [6, 6.07) is -0.211. The minimum absolute atomic E-state index is 0.0266. The molecule has 3 unspecified atom stereocenters. The van der Waals surface area contributed by atoms with Crippen LogP contribution in [0.15, 0.2) is 0 Å². The van der Waals surface area contributed by atoms with Crippen LogP contribution in [0.2, 0.25) is 0 Å². The summed E-state index contributed by atoms with van der Waals surface area (Å²) in [5, 5.41) is 0. The molecule has 1 rings (SSSR count). The fraction of sp³-hybridized carbons (Fsp3) is 0.833. The van der Waals surface area contributed by atoms with Crippen LogP contribution in [0.3, 0.4) is 0 Å². The molecule has 0 aromatic rings. The van der Waals surface area contributed by atoms with Gasteiger partial charge in [0.2, 0.25) is 0 Å². The van der Waals surface area contributed by atoms with Crippen LogP contribution in [0.4, 0.5) is 13.2 Å². The molecule has 0 spiro atoms. The maximum atomic E-state index is 12.6. The van der Waals surface area contributed by atoms with E-state index in [9.17, 15) is 13.2 Å². The van der Waals surface area contributed by atoms with Crippen LogP contribution >= 0.6 is 0 Å². The molecule has 0 amide bonds. The van der Waals surface area contributed by atoms with Crippen molar-refractivity contribution in [1.82, 2.24) is 0 Å². The van der Waals surface area contributed by atoms with Crippen LogP contribution in [0.5, 0.6) is 0 Å². The van der Waals surface area contributed by atoms with Crippen LogP contribution in [0.25, 0.3) is 0 Å². The highest BCUT2D eigenvalue weighted by molar-refractivity contribution is 4.99. The lowest BCUT2D eigenvalue weighted by molar-refractivity contribution is -0.186. The fourth-order valence-electron chi connectivity index (χ4n) is 2.30. The van der Waals surface area contributed by atoms with E-state index in [4.69, 9.17) is 5.73 Å². The van der Waals surface area contributed by atoms with E-state index in [0.717, 1.165) is 6.42 Å². The molecule has 0 radical (unpaired) electrons. The van der Waals surface area contributed by atoms with E-state index >= 15 is 0 Å². The average Bonchev–Trinajstić information content (AvgIpc) is 2.25. The largest absolute Gasteiger partial charge is 0.391 e. The molecule has 0 aliphatic heterocycles. The first-order valence-electron chi connectivity index (χ1n) is 5.67. The highest BCUT2D eigenvalue weighted by atomic mass is 19.4. The molecule has 1 nitrogen and oxygen atoms in total. The molecular formula is C12H18F3N. The van der Waals surface area contributed by atoms with Crippen molar-refractivity contribution in [3.63, 3.8) is 0 Å². The Morgan fingerprint density at radius 3 is 2.62 bits per heavy atom. The van der Waals surface area contributed by atoms with E-state index in [1.54, 1.807) is 6.92 Å². The molecule has 2 N–H and O–H groups in total. The summed E-state index contributed by atoms with van der Waals surface area (Å²) < 4.78 is 37.7. The van der Waals surface area contributed by atoms with Crippen molar-refractivity contribution in [3.05, 3.63) is 0 Å². The molecule has 4 heteroatoms. The standard InChI is InChI=1S/C12H18F3N/c1-2-3-7-11(16)9-5-4-6-10(8-9)12(13,14)15/h9-11H,4-8,16H2,1H3. The van der Waals surface area contributed by atoms with Crippen LogP contribution < -0.4 is 5.73 Å². The molecule has 0 heterocycles. The number of hydrogen-bond acceptors (Lipinski definition) is 1. The monoisotopic (exact) mass is 233 g/mol. The summed E-state index contributed by atoms with van der Waals surface area (Å²) in [5.41, 5.74) is 5.87. The smallest absolute Gasteiger partial charge is 0.327 e. The SMILES string of the molecule is CC#CCC(N)C1CCCC(C(F)(F)F)C1. The lowest BCUT2D eigenvalue weighted by Crippen LogP contribution is -2.37. The first kappa shape index (κ1) is 13.4. The Bertz CT molecular complexity index is 274. The number of halogens is 3. The number of hydrogen-bond donors (Lipinski definition) is 1. The Labute approximate surface area is 94.6 Å². The zero-order chi connectivity index (χ0) is 12.2. The molecule has 3 atom stereocenters. The van der Waals surface area contributed by atoms with Crippen molar-refractivity contribution < 1.29 is 13.2 Å². The Morgan fingerprint density at radius 1 is 1.38 bits per heavy atom. The average molecular weight is 233 g/mol. The van der Waals surface area contributed by atoms with Crippen molar-refractivity contribution in [1.29, 1.82) is 0 Å². The summed E-state index contributed by atoms with van der Waals surface area (Å²) >= 11 is 0. The maximum absolute atomic E-state index is 12.6. The van der Waals surface area contributed by atoms with Crippen LogP contribution in [-0.4, -0.2) is 12.2 Å². The minimum Gasteiger partial charge on any atom is -0.327 e. The Hall–Kier alpha value is -0.690. The van der Waals surface area contributed by atoms with E-state index < -0.39 is 12.1 Å². The molecule has 16 heavy (non-hydrogen) atoms. The molecule has 0 bridgehead atoms. The summed E-state index contributed by atoms with van der Waals surface area (Å²) in [7, 11) is 0. The van der Waals surface area contributed by atoms with Gasteiger partial charge in [-0.2, -0.15) is 13.2 Å². The third kappa shape index (κ3) is 3.71. The summed E-state index contributed by atoms with van der Waals surface area (Å²) in [6.45, 7) is 1.71. The third-order valence-corrected chi connectivity index (χ3v) is 3.30. The molecule has 1 fully saturated rings. The van der Waals surface area contributed by atoms with E-state index in [2.05, 4.69) is 11.8 Å². The summed E-state index contributed by atoms with van der Waals surface area (Å²) in [5.74, 6) is 4.38. The first-order valence-corrected chi connectivity index (χ1v) is 5.67. The van der Waals surface area contributed by atoms with Crippen molar-refractivity contribution >= 4 is 0 Å². The van der Waals surface area contributed by atoms with E-state index in [1.807, 2.05) is 0 Å². The Kier molecular flexibility index (Phi) is 4.67. The van der Waals surface area contributed by atoms with Gasteiger partial charge in [0.15, 0.2) is 0 Å². The predicted molar refractivity (Wildman–Crippen MR) is 57.5 cm³/mol. The van der Waals surface area contributed by atoms with Gasteiger partial charge in [0.05, 0.1) is 5.92 Å². The van der Waals surface area contributed by atoms with Gasteiger partial charge in [0.25, 0.3) is 0 Å². The topological polar surface area (TPSA) is 26.0 Å². The zero-order valence-corrected chi connectivity index (χ0v) is 9.48. The fourth-order valence-corrected chi connectivity index (χ4v) is 2.30. The molecule has 0 saturated heterocycles. The van der Waals surface area contributed by atoms with E-state index in [0.29, 0.717) is 12.8 Å². The second-order valence-corrected chi connectivity index (χ2v) is 4.46. The minimum atomic E-state index is -4.06. The number of alkyl halides is 3. The van der Waals surface area contributed by atoms with Gasteiger partial charge in [-0.1, -0.05) is 6.42 Å². The molecule has 1 saturated carbocycles. The van der Waals surface area contributed by atoms with E-state index in [-0.39, 0.29) is 24.8 Å². The molecule has 1 aliphatic carbocycles.